The van der Waals surface area contributed by atoms with Gasteiger partial charge in [-0.05, 0) is 12.5 Å². The lowest BCUT2D eigenvalue weighted by atomic mass is 10.1. The zero-order valence-electron chi connectivity index (χ0n) is 10.4. The van der Waals surface area contributed by atoms with Gasteiger partial charge in [0, 0.05) is 12.1 Å². The predicted octanol–water partition coefficient (Wildman–Crippen LogP) is 2.05. The number of hydrogen-bond donors (Lipinski definition) is 2. The fourth-order valence-electron chi connectivity index (χ4n) is 2.27. The minimum Gasteiger partial charge on any atom is -0.378 e. The van der Waals surface area contributed by atoms with Crippen molar-refractivity contribution in [2.75, 3.05) is 19.8 Å². The van der Waals surface area contributed by atoms with Gasteiger partial charge < -0.3 is 15.0 Å². The fourth-order valence-corrected chi connectivity index (χ4v) is 2.27. The van der Waals surface area contributed by atoms with Gasteiger partial charge in [-0.25, -0.2) is 4.98 Å². The van der Waals surface area contributed by atoms with E-state index >= 15 is 0 Å². The van der Waals surface area contributed by atoms with Crippen LogP contribution in [0.25, 0.3) is 11.3 Å². The number of aromatic amines is 1. The first-order valence-corrected chi connectivity index (χ1v) is 6.26. The minimum absolute atomic E-state index is 0.177. The van der Waals surface area contributed by atoms with E-state index in [1.807, 2.05) is 18.3 Å². The van der Waals surface area contributed by atoms with Crippen LogP contribution in [0.3, 0.4) is 0 Å². The molecule has 3 rings (SSSR count). The van der Waals surface area contributed by atoms with Gasteiger partial charge in [-0.1, -0.05) is 24.3 Å². The summed E-state index contributed by atoms with van der Waals surface area (Å²) in [6, 6.07) is 8.49. The Morgan fingerprint density at radius 3 is 3.00 bits per heavy atom. The maximum Gasteiger partial charge on any atom is 0.126 e. The molecular formula is C14H17N3O. The predicted molar refractivity (Wildman–Crippen MR) is 70.3 cm³/mol. The van der Waals surface area contributed by atoms with Crippen molar-refractivity contribution in [1.29, 1.82) is 0 Å². The van der Waals surface area contributed by atoms with Crippen molar-refractivity contribution in [2.45, 2.75) is 13.0 Å². The summed E-state index contributed by atoms with van der Waals surface area (Å²) in [7, 11) is 0. The van der Waals surface area contributed by atoms with Crippen molar-refractivity contribution >= 4 is 0 Å². The number of aryl methyl sites for hydroxylation is 1. The summed E-state index contributed by atoms with van der Waals surface area (Å²) >= 11 is 0. The molecule has 2 N–H and O–H groups in total. The average molecular weight is 243 g/mol. The average Bonchev–Trinajstić information content (AvgIpc) is 2.90. The third kappa shape index (κ3) is 2.17. The van der Waals surface area contributed by atoms with Crippen molar-refractivity contribution in [2.24, 2.45) is 0 Å². The molecule has 4 nitrogen and oxygen atoms in total. The van der Waals surface area contributed by atoms with Crippen LogP contribution in [0.4, 0.5) is 0 Å². The highest BCUT2D eigenvalue weighted by Crippen LogP contribution is 2.23. The zero-order chi connectivity index (χ0) is 12.4. The molecule has 1 aliphatic heterocycles. The van der Waals surface area contributed by atoms with Gasteiger partial charge in [-0.15, -0.1) is 0 Å². The third-order valence-electron chi connectivity index (χ3n) is 3.28. The first-order valence-electron chi connectivity index (χ1n) is 6.26. The summed E-state index contributed by atoms with van der Waals surface area (Å²) in [6.07, 6.45) is 1.90. The number of benzene rings is 1. The highest BCUT2D eigenvalue weighted by molar-refractivity contribution is 5.62. The molecular weight excluding hydrogens is 226 g/mol. The lowest BCUT2D eigenvalue weighted by Gasteiger charge is -2.21. The quantitative estimate of drug-likeness (QED) is 0.848. The monoisotopic (exact) mass is 243 g/mol. The van der Waals surface area contributed by atoms with Gasteiger partial charge in [0.1, 0.15) is 5.82 Å². The van der Waals surface area contributed by atoms with Crippen LogP contribution in [0.1, 0.15) is 17.4 Å². The minimum atomic E-state index is 0.177. The molecule has 1 unspecified atom stereocenters. The number of H-pyrrole nitrogens is 1. The van der Waals surface area contributed by atoms with E-state index in [4.69, 9.17) is 4.74 Å². The number of nitrogens with zero attached hydrogens (tertiary/aromatic N) is 1. The van der Waals surface area contributed by atoms with Crippen LogP contribution in [0.15, 0.2) is 30.5 Å². The normalized spacial score (nSPS) is 19.9. The maximum absolute atomic E-state index is 5.45. The molecule has 1 atom stereocenters. The van der Waals surface area contributed by atoms with Gasteiger partial charge in [-0.2, -0.15) is 0 Å². The standard InChI is InChI=1S/C14H17N3O/c1-10-4-2-3-5-11(10)12-8-16-14(17-12)13-9-18-7-6-15-13/h2-5,8,13,15H,6-7,9H2,1H3,(H,16,17). The lowest BCUT2D eigenvalue weighted by Crippen LogP contribution is -2.35. The first-order chi connectivity index (χ1) is 8.84. The molecule has 0 bridgehead atoms. The SMILES string of the molecule is Cc1ccccc1-c1cnc(C2COCCN2)[nH]1. The molecule has 0 aliphatic carbocycles. The van der Waals surface area contributed by atoms with E-state index in [0.717, 1.165) is 24.7 Å². The van der Waals surface area contributed by atoms with Gasteiger partial charge in [-0.3, -0.25) is 0 Å². The summed E-state index contributed by atoms with van der Waals surface area (Å²) in [5.41, 5.74) is 3.52. The Balaban J connectivity index is 1.87. The topological polar surface area (TPSA) is 49.9 Å². The van der Waals surface area contributed by atoms with Gasteiger partial charge >= 0.3 is 0 Å². The van der Waals surface area contributed by atoms with Crippen molar-refractivity contribution in [3.63, 3.8) is 0 Å². The largest absolute Gasteiger partial charge is 0.378 e. The third-order valence-corrected chi connectivity index (χ3v) is 3.28. The smallest absolute Gasteiger partial charge is 0.126 e. The Hall–Kier alpha value is -1.65. The highest BCUT2D eigenvalue weighted by atomic mass is 16.5. The zero-order valence-corrected chi connectivity index (χ0v) is 10.4. The van der Waals surface area contributed by atoms with Crippen molar-refractivity contribution in [1.82, 2.24) is 15.3 Å². The molecule has 18 heavy (non-hydrogen) atoms. The molecule has 1 saturated heterocycles. The lowest BCUT2D eigenvalue weighted by molar-refractivity contribution is 0.0745. The molecule has 0 radical (unpaired) electrons. The Morgan fingerprint density at radius 1 is 1.33 bits per heavy atom. The van der Waals surface area contributed by atoms with E-state index in [-0.39, 0.29) is 6.04 Å². The van der Waals surface area contributed by atoms with Crippen LogP contribution in [0, 0.1) is 6.92 Å². The summed E-state index contributed by atoms with van der Waals surface area (Å²) in [4.78, 5) is 7.85. The molecule has 0 saturated carbocycles. The summed E-state index contributed by atoms with van der Waals surface area (Å²) in [6.45, 7) is 4.45. The Bertz CT molecular complexity index is 529. The molecule has 1 aliphatic rings. The van der Waals surface area contributed by atoms with E-state index in [2.05, 4.69) is 34.3 Å². The van der Waals surface area contributed by atoms with E-state index in [1.165, 1.54) is 11.1 Å². The van der Waals surface area contributed by atoms with Crippen LogP contribution in [-0.4, -0.2) is 29.7 Å². The number of hydrogen-bond acceptors (Lipinski definition) is 3. The molecule has 0 spiro atoms. The number of ether oxygens (including phenoxy) is 1. The van der Waals surface area contributed by atoms with Crippen molar-refractivity contribution < 1.29 is 4.74 Å². The van der Waals surface area contributed by atoms with Crippen molar-refractivity contribution in [3.05, 3.63) is 41.9 Å². The number of rotatable bonds is 2. The van der Waals surface area contributed by atoms with Gasteiger partial charge in [0.05, 0.1) is 31.1 Å². The molecule has 1 aromatic carbocycles. The number of imidazole rings is 1. The first kappa shape index (κ1) is 11.4. The molecule has 2 heterocycles. The van der Waals surface area contributed by atoms with Crippen LogP contribution < -0.4 is 5.32 Å². The molecule has 94 valence electrons. The second kappa shape index (κ2) is 4.92. The Kier molecular flexibility index (Phi) is 3.13. The summed E-state index contributed by atoms with van der Waals surface area (Å²) in [5, 5.41) is 3.40. The molecule has 1 fully saturated rings. The van der Waals surface area contributed by atoms with Crippen LogP contribution >= 0.6 is 0 Å². The second-order valence-corrected chi connectivity index (χ2v) is 4.58. The van der Waals surface area contributed by atoms with Crippen molar-refractivity contribution in [3.8, 4) is 11.3 Å². The van der Waals surface area contributed by atoms with Gasteiger partial charge in [0.15, 0.2) is 0 Å². The van der Waals surface area contributed by atoms with E-state index < -0.39 is 0 Å². The summed E-state index contributed by atoms with van der Waals surface area (Å²) < 4.78 is 5.45. The number of nitrogens with one attached hydrogen (secondary N) is 2. The van der Waals surface area contributed by atoms with Crippen LogP contribution in [0.5, 0.6) is 0 Å². The molecule has 1 aromatic heterocycles. The van der Waals surface area contributed by atoms with E-state index in [9.17, 15) is 0 Å². The molecule has 2 aromatic rings. The van der Waals surface area contributed by atoms with Crippen LogP contribution in [-0.2, 0) is 4.74 Å². The maximum atomic E-state index is 5.45. The number of morpholine rings is 1. The Morgan fingerprint density at radius 2 is 2.22 bits per heavy atom. The van der Waals surface area contributed by atoms with Gasteiger partial charge in [0.25, 0.3) is 0 Å². The van der Waals surface area contributed by atoms with E-state index in [1.54, 1.807) is 0 Å². The molecule has 4 heteroatoms. The second-order valence-electron chi connectivity index (χ2n) is 4.58. The van der Waals surface area contributed by atoms with Gasteiger partial charge in [0.2, 0.25) is 0 Å². The number of aromatic nitrogens is 2. The summed E-state index contributed by atoms with van der Waals surface area (Å²) in [5.74, 6) is 0.952. The molecule has 0 amide bonds. The fraction of sp³-hybridized carbons (Fsp3) is 0.357. The highest BCUT2D eigenvalue weighted by Gasteiger charge is 2.18. The van der Waals surface area contributed by atoms with Crippen LogP contribution in [0.2, 0.25) is 0 Å². The van der Waals surface area contributed by atoms with E-state index in [0.29, 0.717) is 6.61 Å². The Labute approximate surface area is 106 Å².